The molecule has 10 heteroatoms. The summed E-state index contributed by atoms with van der Waals surface area (Å²) in [6, 6.07) is 10.9. The number of hydrogen-bond acceptors (Lipinski definition) is 5. The Hall–Kier alpha value is -3.53. The molecule has 0 spiro atoms. The molecule has 0 aliphatic carbocycles. The van der Waals surface area contributed by atoms with Gasteiger partial charge in [-0.3, -0.25) is 4.79 Å². The molecular formula is C23H22FN5O3S. The van der Waals surface area contributed by atoms with Gasteiger partial charge in [0.2, 0.25) is 5.91 Å². The van der Waals surface area contributed by atoms with Crippen molar-refractivity contribution in [3.05, 3.63) is 77.6 Å². The molecule has 0 bridgehead atoms. The van der Waals surface area contributed by atoms with E-state index in [-0.39, 0.29) is 17.3 Å². The molecule has 3 aromatic rings. The number of amides is 1. The first kappa shape index (κ1) is 21.3. The molecule has 5 rings (SSSR count). The van der Waals surface area contributed by atoms with Gasteiger partial charge in [0.25, 0.3) is 10.0 Å². The fourth-order valence-electron chi connectivity index (χ4n) is 4.38. The van der Waals surface area contributed by atoms with Gasteiger partial charge in [-0.1, -0.05) is 18.2 Å². The van der Waals surface area contributed by atoms with Crippen molar-refractivity contribution in [2.24, 2.45) is 4.40 Å². The first-order valence-corrected chi connectivity index (χ1v) is 12.1. The fourth-order valence-corrected chi connectivity index (χ4v) is 5.60. The molecular weight excluding hydrogens is 445 g/mol. The van der Waals surface area contributed by atoms with Crippen molar-refractivity contribution < 1.29 is 17.6 Å². The van der Waals surface area contributed by atoms with Gasteiger partial charge in [-0.2, -0.15) is 8.42 Å². The first-order valence-electron chi connectivity index (χ1n) is 10.6. The van der Waals surface area contributed by atoms with Crippen molar-refractivity contribution >= 4 is 21.8 Å². The maximum absolute atomic E-state index is 14.7. The lowest BCUT2D eigenvalue weighted by Crippen LogP contribution is -2.45. The van der Waals surface area contributed by atoms with E-state index in [1.165, 1.54) is 12.1 Å². The van der Waals surface area contributed by atoms with Crippen LogP contribution < -0.4 is 5.32 Å². The van der Waals surface area contributed by atoms with E-state index in [4.69, 9.17) is 0 Å². The van der Waals surface area contributed by atoms with Crippen molar-refractivity contribution in [2.45, 2.75) is 37.2 Å². The third kappa shape index (κ3) is 3.80. The predicted octanol–water partition coefficient (Wildman–Crippen LogP) is 2.55. The number of rotatable bonds is 4. The molecule has 1 fully saturated rings. The van der Waals surface area contributed by atoms with Crippen LogP contribution >= 0.6 is 0 Å². The number of nitrogens with one attached hydrogen (secondary N) is 1. The topological polar surface area (TPSA) is 96.7 Å². The molecule has 170 valence electrons. The molecule has 1 aromatic heterocycles. The van der Waals surface area contributed by atoms with Gasteiger partial charge in [0.15, 0.2) is 5.84 Å². The lowest BCUT2D eigenvalue weighted by molar-refractivity contribution is -0.124. The van der Waals surface area contributed by atoms with Gasteiger partial charge in [0.05, 0.1) is 5.69 Å². The molecule has 1 saturated heterocycles. The Kier molecular flexibility index (Phi) is 5.24. The maximum Gasteiger partial charge on any atom is 0.285 e. The lowest BCUT2D eigenvalue weighted by Gasteiger charge is -2.25. The number of nitrogens with zero attached hydrogens (tertiary/aromatic N) is 4. The van der Waals surface area contributed by atoms with Crippen LogP contribution in [-0.4, -0.2) is 47.2 Å². The van der Waals surface area contributed by atoms with E-state index >= 15 is 0 Å². The second kappa shape index (κ2) is 8.11. The van der Waals surface area contributed by atoms with E-state index in [0.717, 1.165) is 6.42 Å². The van der Waals surface area contributed by atoms with Gasteiger partial charge >= 0.3 is 0 Å². The van der Waals surface area contributed by atoms with Crippen LogP contribution in [0.15, 0.2) is 64.2 Å². The van der Waals surface area contributed by atoms with Crippen molar-refractivity contribution in [1.82, 2.24) is 19.8 Å². The Morgan fingerprint density at radius 1 is 1.24 bits per heavy atom. The number of aryl methyl sites for hydroxylation is 1. The zero-order valence-electron chi connectivity index (χ0n) is 17.9. The summed E-state index contributed by atoms with van der Waals surface area (Å²) in [5, 5.41) is 2.86. The van der Waals surface area contributed by atoms with Gasteiger partial charge in [-0.05, 0) is 49.6 Å². The third-order valence-electron chi connectivity index (χ3n) is 6.00. The van der Waals surface area contributed by atoms with E-state index in [0.29, 0.717) is 41.4 Å². The van der Waals surface area contributed by atoms with Crippen LogP contribution in [0, 0.1) is 12.7 Å². The first-order chi connectivity index (χ1) is 15.8. The minimum Gasteiger partial charge on any atom is -0.350 e. The van der Waals surface area contributed by atoms with Gasteiger partial charge in [-0.25, -0.2) is 9.37 Å². The largest absolute Gasteiger partial charge is 0.350 e. The van der Waals surface area contributed by atoms with Crippen molar-refractivity contribution in [3.63, 3.8) is 0 Å². The highest BCUT2D eigenvalue weighted by molar-refractivity contribution is 7.90. The smallest absolute Gasteiger partial charge is 0.285 e. The molecule has 0 unspecified atom stereocenters. The summed E-state index contributed by atoms with van der Waals surface area (Å²) in [4.78, 5) is 19.0. The number of aromatic nitrogens is 2. The zero-order valence-corrected chi connectivity index (χ0v) is 18.7. The van der Waals surface area contributed by atoms with Crippen molar-refractivity contribution in [1.29, 1.82) is 0 Å². The van der Waals surface area contributed by atoms with E-state index in [2.05, 4.69) is 14.7 Å². The second-order valence-corrected chi connectivity index (χ2v) is 9.66. The number of hydrogen-bond donors (Lipinski definition) is 1. The zero-order chi connectivity index (χ0) is 23.2. The number of fused-ring (bicyclic) bond motifs is 1. The van der Waals surface area contributed by atoms with Crippen LogP contribution in [0.25, 0.3) is 5.69 Å². The maximum atomic E-state index is 14.7. The SMILES string of the molecule is Cc1nccn1-c1ccc(CNC(=O)[C@@H]2CCCN2C2=NS(=O)(=O)c3ccccc32)cc1F. The molecule has 1 N–H and O–H groups in total. The average molecular weight is 468 g/mol. The van der Waals surface area contributed by atoms with Crippen LogP contribution in [0.2, 0.25) is 0 Å². The number of benzene rings is 2. The molecule has 2 aromatic carbocycles. The summed E-state index contributed by atoms with van der Waals surface area (Å²) in [6.07, 6.45) is 4.62. The molecule has 1 amide bonds. The fraction of sp³-hybridized carbons (Fsp3) is 0.261. The van der Waals surface area contributed by atoms with Crippen LogP contribution in [0.5, 0.6) is 0 Å². The van der Waals surface area contributed by atoms with Crippen LogP contribution in [0.1, 0.15) is 29.8 Å². The number of sulfonamides is 1. The highest BCUT2D eigenvalue weighted by atomic mass is 32.2. The van der Waals surface area contributed by atoms with Crippen molar-refractivity contribution in [2.75, 3.05) is 6.54 Å². The molecule has 0 saturated carbocycles. The van der Waals surface area contributed by atoms with Crippen LogP contribution in [0.3, 0.4) is 0 Å². The molecule has 1 atom stereocenters. The average Bonchev–Trinajstić information content (AvgIpc) is 3.50. The summed E-state index contributed by atoms with van der Waals surface area (Å²) in [7, 11) is -3.76. The number of amidine groups is 1. The van der Waals surface area contributed by atoms with E-state index in [1.54, 1.807) is 59.1 Å². The summed E-state index contributed by atoms with van der Waals surface area (Å²) < 4.78 is 45.1. The van der Waals surface area contributed by atoms with Gasteiger partial charge in [-0.15, -0.1) is 4.40 Å². The number of halogens is 1. The molecule has 3 heterocycles. The molecule has 2 aliphatic rings. The summed E-state index contributed by atoms with van der Waals surface area (Å²) >= 11 is 0. The second-order valence-electron chi connectivity index (χ2n) is 8.09. The van der Waals surface area contributed by atoms with Crippen LogP contribution in [-0.2, 0) is 21.4 Å². The number of carbonyl (C=O) groups is 1. The van der Waals surface area contributed by atoms with Gasteiger partial charge < -0.3 is 14.8 Å². The number of imidazole rings is 1. The van der Waals surface area contributed by atoms with Gasteiger partial charge in [0, 0.05) is 31.0 Å². The normalized spacial score (nSPS) is 18.8. The molecule has 0 radical (unpaired) electrons. The molecule has 33 heavy (non-hydrogen) atoms. The Bertz CT molecular complexity index is 1380. The molecule has 2 aliphatic heterocycles. The van der Waals surface area contributed by atoms with E-state index in [1.807, 2.05) is 0 Å². The minimum atomic E-state index is -3.76. The van der Waals surface area contributed by atoms with Crippen LogP contribution in [0.4, 0.5) is 4.39 Å². The van der Waals surface area contributed by atoms with E-state index in [9.17, 15) is 17.6 Å². The third-order valence-corrected chi connectivity index (χ3v) is 7.33. The summed E-state index contributed by atoms with van der Waals surface area (Å²) in [6.45, 7) is 2.48. The highest BCUT2D eigenvalue weighted by Crippen LogP contribution is 2.31. The number of carbonyl (C=O) groups excluding carboxylic acids is 1. The Morgan fingerprint density at radius 3 is 2.82 bits per heavy atom. The summed E-state index contributed by atoms with van der Waals surface area (Å²) in [5.41, 5.74) is 1.53. The quantitative estimate of drug-likeness (QED) is 0.636. The predicted molar refractivity (Wildman–Crippen MR) is 120 cm³/mol. The Morgan fingerprint density at radius 2 is 2.06 bits per heavy atom. The summed E-state index contributed by atoms with van der Waals surface area (Å²) in [5.74, 6) is 0.337. The Labute approximate surface area is 190 Å². The lowest BCUT2D eigenvalue weighted by atomic mass is 10.1. The highest BCUT2D eigenvalue weighted by Gasteiger charge is 2.39. The molecule has 8 nitrogen and oxygen atoms in total. The number of likely N-dealkylation sites (tertiary alicyclic amines) is 1. The van der Waals surface area contributed by atoms with E-state index < -0.39 is 21.9 Å². The monoisotopic (exact) mass is 467 g/mol. The van der Waals surface area contributed by atoms with Crippen molar-refractivity contribution in [3.8, 4) is 5.69 Å². The Balaban J connectivity index is 1.31. The van der Waals surface area contributed by atoms with Gasteiger partial charge in [0.1, 0.15) is 22.6 Å². The minimum absolute atomic E-state index is 0.157. The standard InChI is InChI=1S/C23H22FN5O3S/c1-15-25-10-12-28(15)19-9-8-16(13-18(19)24)14-26-23(30)20-6-4-11-29(20)22-17-5-2-3-7-21(17)33(31,32)27-22/h2-3,5,7-10,12-13,20H,4,6,11,14H2,1H3,(H,26,30)/t20-/m0/s1.